The minimum atomic E-state index is -0.449. The first-order chi connectivity index (χ1) is 12.1. The molecule has 0 saturated carbocycles. The number of hydrogen-bond donors (Lipinski definition) is 1. The molecule has 1 atom stereocenters. The molecule has 134 valence electrons. The standard InChI is InChI=1S/C19H22F2N2OS/c20-15-5-7-17(8-6-15)25-14-16(24)13-22-9-11-23(12-10-22)19-4-2-1-3-18(19)21/h1-8,16,24H,9-14H2/t16-/m1/s1. The fourth-order valence-electron chi connectivity index (χ4n) is 2.95. The zero-order chi connectivity index (χ0) is 17.6. The van der Waals surface area contributed by atoms with E-state index >= 15 is 0 Å². The number of β-amino-alcohol motifs (C(OH)–C–C–N with tert-alkyl or cyclic N) is 1. The van der Waals surface area contributed by atoms with E-state index in [-0.39, 0.29) is 11.6 Å². The molecule has 1 heterocycles. The largest absolute Gasteiger partial charge is 0.391 e. The monoisotopic (exact) mass is 364 g/mol. The summed E-state index contributed by atoms with van der Waals surface area (Å²) in [6, 6.07) is 13.1. The van der Waals surface area contributed by atoms with Crippen LogP contribution in [0.1, 0.15) is 0 Å². The quantitative estimate of drug-likeness (QED) is 0.796. The average molecular weight is 364 g/mol. The Bertz CT molecular complexity index is 675. The maximum absolute atomic E-state index is 13.8. The topological polar surface area (TPSA) is 26.7 Å². The van der Waals surface area contributed by atoms with Crippen molar-refractivity contribution in [2.24, 2.45) is 0 Å². The van der Waals surface area contributed by atoms with Gasteiger partial charge in [-0.15, -0.1) is 11.8 Å². The number of aliphatic hydroxyl groups is 1. The van der Waals surface area contributed by atoms with Crippen molar-refractivity contribution in [2.45, 2.75) is 11.0 Å². The van der Waals surface area contributed by atoms with Crippen molar-refractivity contribution >= 4 is 17.4 Å². The maximum atomic E-state index is 13.8. The molecule has 0 radical (unpaired) electrons. The maximum Gasteiger partial charge on any atom is 0.146 e. The predicted molar refractivity (Wildman–Crippen MR) is 98.2 cm³/mol. The Morgan fingerprint density at radius 3 is 2.32 bits per heavy atom. The average Bonchev–Trinajstić information content (AvgIpc) is 2.62. The summed E-state index contributed by atoms with van der Waals surface area (Å²) in [5.74, 6) is 0.128. The molecule has 3 nitrogen and oxygen atoms in total. The van der Waals surface area contributed by atoms with E-state index in [0.29, 0.717) is 18.0 Å². The second-order valence-corrected chi connectivity index (χ2v) is 7.25. The number of halogens is 2. The molecule has 3 rings (SSSR count). The zero-order valence-electron chi connectivity index (χ0n) is 13.9. The zero-order valence-corrected chi connectivity index (χ0v) is 14.8. The molecule has 25 heavy (non-hydrogen) atoms. The van der Waals surface area contributed by atoms with Crippen LogP contribution in [0.2, 0.25) is 0 Å². The Hall–Kier alpha value is -1.63. The number of thioether (sulfide) groups is 1. The summed E-state index contributed by atoms with van der Waals surface area (Å²) in [6.07, 6.45) is -0.449. The summed E-state index contributed by atoms with van der Waals surface area (Å²) in [5, 5.41) is 10.2. The first-order valence-electron chi connectivity index (χ1n) is 8.40. The second-order valence-electron chi connectivity index (χ2n) is 6.16. The molecule has 6 heteroatoms. The molecule has 0 aliphatic carbocycles. The van der Waals surface area contributed by atoms with E-state index in [0.717, 1.165) is 31.1 Å². The van der Waals surface area contributed by atoms with Crippen molar-refractivity contribution in [3.8, 4) is 0 Å². The van der Waals surface area contributed by atoms with Crippen LogP contribution in [0.25, 0.3) is 0 Å². The number of anilines is 1. The van der Waals surface area contributed by atoms with Crippen molar-refractivity contribution in [3.05, 3.63) is 60.2 Å². The Morgan fingerprint density at radius 2 is 1.64 bits per heavy atom. The van der Waals surface area contributed by atoms with Gasteiger partial charge in [0.2, 0.25) is 0 Å². The van der Waals surface area contributed by atoms with Gasteiger partial charge in [-0.05, 0) is 36.4 Å². The van der Waals surface area contributed by atoms with E-state index in [1.165, 1.54) is 30.0 Å². The fraction of sp³-hybridized carbons (Fsp3) is 0.368. The Kier molecular flexibility index (Phi) is 6.29. The summed E-state index contributed by atoms with van der Waals surface area (Å²) in [6.45, 7) is 3.69. The van der Waals surface area contributed by atoms with Gasteiger partial charge in [-0.25, -0.2) is 8.78 Å². The van der Waals surface area contributed by atoms with Gasteiger partial charge in [-0.2, -0.15) is 0 Å². The minimum Gasteiger partial charge on any atom is -0.391 e. The molecule has 0 bridgehead atoms. The molecule has 2 aromatic carbocycles. The van der Waals surface area contributed by atoms with Gasteiger partial charge in [0, 0.05) is 43.4 Å². The highest BCUT2D eigenvalue weighted by molar-refractivity contribution is 7.99. The van der Waals surface area contributed by atoms with Gasteiger partial charge in [-0.3, -0.25) is 4.90 Å². The molecule has 1 fully saturated rings. The predicted octanol–water partition coefficient (Wildman–Crippen LogP) is 3.24. The van der Waals surface area contributed by atoms with Gasteiger partial charge >= 0.3 is 0 Å². The van der Waals surface area contributed by atoms with Crippen molar-refractivity contribution in [3.63, 3.8) is 0 Å². The summed E-state index contributed by atoms with van der Waals surface area (Å²) in [5.41, 5.74) is 0.648. The molecular weight excluding hydrogens is 342 g/mol. The van der Waals surface area contributed by atoms with Crippen molar-refractivity contribution in [1.29, 1.82) is 0 Å². The minimum absolute atomic E-state index is 0.188. The molecule has 1 aliphatic heterocycles. The van der Waals surface area contributed by atoms with Crippen LogP contribution < -0.4 is 4.90 Å². The molecular formula is C19H22F2N2OS. The smallest absolute Gasteiger partial charge is 0.146 e. The summed E-state index contributed by atoms with van der Waals surface area (Å²) in [7, 11) is 0. The molecule has 0 aromatic heterocycles. The number of piperazine rings is 1. The van der Waals surface area contributed by atoms with Crippen LogP contribution in [-0.2, 0) is 0 Å². The molecule has 1 saturated heterocycles. The third-order valence-corrected chi connectivity index (χ3v) is 5.45. The highest BCUT2D eigenvalue weighted by atomic mass is 32.2. The lowest BCUT2D eigenvalue weighted by molar-refractivity contribution is 0.126. The Morgan fingerprint density at radius 1 is 0.960 bits per heavy atom. The van der Waals surface area contributed by atoms with Gasteiger partial charge < -0.3 is 10.0 Å². The third kappa shape index (κ3) is 5.17. The van der Waals surface area contributed by atoms with E-state index in [9.17, 15) is 13.9 Å². The lowest BCUT2D eigenvalue weighted by Gasteiger charge is -2.37. The lowest BCUT2D eigenvalue weighted by atomic mass is 10.2. The van der Waals surface area contributed by atoms with Gasteiger partial charge in [-0.1, -0.05) is 12.1 Å². The van der Waals surface area contributed by atoms with Crippen LogP contribution in [0, 0.1) is 11.6 Å². The van der Waals surface area contributed by atoms with Crippen molar-refractivity contribution < 1.29 is 13.9 Å². The molecule has 2 aromatic rings. The van der Waals surface area contributed by atoms with E-state index in [4.69, 9.17) is 0 Å². The third-order valence-electron chi connectivity index (χ3n) is 4.29. The Labute approximate surface area is 151 Å². The number of para-hydroxylation sites is 1. The summed E-state index contributed by atoms with van der Waals surface area (Å²) >= 11 is 1.52. The van der Waals surface area contributed by atoms with Crippen LogP contribution >= 0.6 is 11.8 Å². The van der Waals surface area contributed by atoms with E-state index in [2.05, 4.69) is 4.90 Å². The lowest BCUT2D eigenvalue weighted by Crippen LogP contribution is -2.49. The van der Waals surface area contributed by atoms with E-state index < -0.39 is 6.10 Å². The van der Waals surface area contributed by atoms with Crippen LogP contribution in [0.3, 0.4) is 0 Å². The highest BCUT2D eigenvalue weighted by Gasteiger charge is 2.21. The highest BCUT2D eigenvalue weighted by Crippen LogP contribution is 2.21. The number of hydrogen-bond acceptors (Lipinski definition) is 4. The van der Waals surface area contributed by atoms with Crippen LogP contribution in [-0.4, -0.2) is 54.6 Å². The molecule has 0 unspecified atom stereocenters. The van der Waals surface area contributed by atoms with Crippen LogP contribution in [0.4, 0.5) is 14.5 Å². The van der Waals surface area contributed by atoms with Crippen LogP contribution in [0.15, 0.2) is 53.4 Å². The van der Waals surface area contributed by atoms with E-state index in [1.54, 1.807) is 24.3 Å². The first kappa shape index (κ1) is 18.2. The summed E-state index contributed by atoms with van der Waals surface area (Å²) < 4.78 is 26.7. The van der Waals surface area contributed by atoms with Gasteiger partial charge in [0.05, 0.1) is 11.8 Å². The van der Waals surface area contributed by atoms with Gasteiger partial charge in [0.25, 0.3) is 0 Å². The van der Waals surface area contributed by atoms with Crippen molar-refractivity contribution in [2.75, 3.05) is 43.4 Å². The molecule has 0 amide bonds. The normalized spacial score (nSPS) is 16.8. The number of nitrogens with zero attached hydrogens (tertiary/aromatic N) is 2. The Balaban J connectivity index is 1.42. The number of rotatable bonds is 6. The first-order valence-corrected chi connectivity index (χ1v) is 9.38. The molecule has 1 aliphatic rings. The molecule has 0 spiro atoms. The SMILES string of the molecule is O[C@@H](CSc1ccc(F)cc1)CN1CCN(c2ccccc2F)CC1. The van der Waals surface area contributed by atoms with Crippen LogP contribution in [0.5, 0.6) is 0 Å². The number of aliphatic hydroxyl groups excluding tert-OH is 1. The van der Waals surface area contributed by atoms with Crippen molar-refractivity contribution in [1.82, 2.24) is 4.90 Å². The summed E-state index contributed by atoms with van der Waals surface area (Å²) in [4.78, 5) is 5.20. The van der Waals surface area contributed by atoms with Gasteiger partial charge in [0.15, 0.2) is 0 Å². The molecule has 1 N–H and O–H groups in total. The van der Waals surface area contributed by atoms with Gasteiger partial charge in [0.1, 0.15) is 11.6 Å². The fourth-order valence-corrected chi connectivity index (χ4v) is 3.77. The second kappa shape index (κ2) is 8.65. The van der Waals surface area contributed by atoms with E-state index in [1.807, 2.05) is 11.0 Å². The number of benzene rings is 2.